The molecule has 0 saturated carbocycles. The Morgan fingerprint density at radius 3 is 2.64 bits per heavy atom. The second kappa shape index (κ2) is 3.80. The average molecular weight is 191 g/mol. The number of anilines is 1. The largest absolute Gasteiger partial charge is 0.399 e. The Bertz CT molecular complexity index is 326. The van der Waals surface area contributed by atoms with E-state index < -0.39 is 0 Å². The predicted octanol–water partition coefficient (Wildman–Crippen LogP) is 1.63. The molecule has 1 aromatic rings. The van der Waals surface area contributed by atoms with Gasteiger partial charge in [-0.25, -0.2) is 0 Å². The third-order valence-corrected chi connectivity index (χ3v) is 2.42. The predicted molar refractivity (Wildman–Crippen MR) is 54.2 cm³/mol. The number of benzene rings is 1. The van der Waals surface area contributed by atoms with E-state index in [2.05, 4.69) is 0 Å². The number of Topliss-reactive ketones (excluding diaryl/α,β-unsaturated/α-hetero) is 1. The first-order chi connectivity index (χ1) is 6.77. The molecule has 0 radical (unpaired) electrons. The van der Waals surface area contributed by atoms with Crippen molar-refractivity contribution in [3.63, 3.8) is 0 Å². The van der Waals surface area contributed by atoms with Crippen LogP contribution in [-0.4, -0.2) is 18.5 Å². The number of ether oxygens (including phenoxy) is 1. The quantitative estimate of drug-likeness (QED) is 0.571. The summed E-state index contributed by atoms with van der Waals surface area (Å²) in [5.74, 6) is 0.0718. The van der Waals surface area contributed by atoms with Gasteiger partial charge in [0, 0.05) is 17.9 Å². The number of carbonyl (C=O) groups excluding carboxylic acids is 1. The van der Waals surface area contributed by atoms with E-state index in [4.69, 9.17) is 10.5 Å². The minimum Gasteiger partial charge on any atom is -0.399 e. The molecule has 0 spiro atoms. The first-order valence-electron chi connectivity index (χ1n) is 4.79. The maximum Gasteiger partial charge on any atom is 0.191 e. The van der Waals surface area contributed by atoms with Crippen LogP contribution in [0, 0.1) is 0 Å². The minimum absolute atomic E-state index is 0.0718. The van der Waals surface area contributed by atoms with Crippen molar-refractivity contribution in [2.45, 2.75) is 18.9 Å². The van der Waals surface area contributed by atoms with Gasteiger partial charge in [-0.15, -0.1) is 0 Å². The lowest BCUT2D eigenvalue weighted by molar-refractivity contribution is 0.0643. The highest BCUT2D eigenvalue weighted by atomic mass is 16.5. The van der Waals surface area contributed by atoms with Crippen LogP contribution in [-0.2, 0) is 4.74 Å². The molecule has 3 heteroatoms. The molecule has 1 saturated heterocycles. The normalized spacial score (nSPS) is 21.0. The summed E-state index contributed by atoms with van der Waals surface area (Å²) in [7, 11) is 0. The number of hydrogen-bond acceptors (Lipinski definition) is 3. The SMILES string of the molecule is Nc1ccc(C(=O)C2CCCO2)cc1. The van der Waals surface area contributed by atoms with Gasteiger partial charge in [0.25, 0.3) is 0 Å². The first-order valence-corrected chi connectivity index (χ1v) is 4.79. The zero-order chi connectivity index (χ0) is 9.97. The van der Waals surface area contributed by atoms with Crippen molar-refractivity contribution >= 4 is 11.5 Å². The van der Waals surface area contributed by atoms with Crippen molar-refractivity contribution in [2.75, 3.05) is 12.3 Å². The molecule has 0 amide bonds. The molecule has 2 N–H and O–H groups in total. The Morgan fingerprint density at radius 1 is 1.36 bits per heavy atom. The van der Waals surface area contributed by atoms with Crippen LogP contribution in [0.25, 0.3) is 0 Å². The Kier molecular flexibility index (Phi) is 2.50. The van der Waals surface area contributed by atoms with Crippen LogP contribution in [0.5, 0.6) is 0 Å². The number of rotatable bonds is 2. The topological polar surface area (TPSA) is 52.3 Å². The molecule has 3 nitrogen and oxygen atoms in total. The van der Waals surface area contributed by atoms with Crippen LogP contribution >= 0.6 is 0 Å². The lowest BCUT2D eigenvalue weighted by Gasteiger charge is -2.07. The number of nitrogen functional groups attached to an aromatic ring is 1. The standard InChI is InChI=1S/C11H13NO2/c12-9-5-3-8(4-6-9)11(13)10-2-1-7-14-10/h3-6,10H,1-2,7,12H2. The summed E-state index contributed by atoms with van der Waals surface area (Å²) in [6.07, 6.45) is 1.58. The van der Waals surface area contributed by atoms with Crippen LogP contribution < -0.4 is 5.73 Å². The lowest BCUT2D eigenvalue weighted by Crippen LogP contribution is -2.19. The zero-order valence-electron chi connectivity index (χ0n) is 7.90. The van der Waals surface area contributed by atoms with Gasteiger partial charge >= 0.3 is 0 Å². The smallest absolute Gasteiger partial charge is 0.191 e. The van der Waals surface area contributed by atoms with Crippen molar-refractivity contribution in [3.05, 3.63) is 29.8 Å². The van der Waals surface area contributed by atoms with Crippen LogP contribution in [0.15, 0.2) is 24.3 Å². The summed E-state index contributed by atoms with van der Waals surface area (Å²) in [4.78, 5) is 11.8. The number of carbonyl (C=O) groups is 1. The molecule has 0 aromatic heterocycles. The Balaban J connectivity index is 2.14. The van der Waals surface area contributed by atoms with E-state index in [0.29, 0.717) is 17.9 Å². The molecule has 0 aliphatic carbocycles. The average Bonchev–Trinajstić information content (AvgIpc) is 2.71. The zero-order valence-corrected chi connectivity index (χ0v) is 7.90. The van der Waals surface area contributed by atoms with E-state index in [-0.39, 0.29) is 11.9 Å². The summed E-state index contributed by atoms with van der Waals surface area (Å²) < 4.78 is 5.32. The lowest BCUT2D eigenvalue weighted by atomic mass is 10.0. The third kappa shape index (κ3) is 1.77. The maximum absolute atomic E-state index is 11.8. The van der Waals surface area contributed by atoms with Gasteiger partial charge < -0.3 is 10.5 Å². The molecule has 74 valence electrons. The molecule has 0 bridgehead atoms. The van der Waals surface area contributed by atoms with Crippen LogP contribution in [0.2, 0.25) is 0 Å². The molecule has 1 atom stereocenters. The summed E-state index contributed by atoms with van der Waals surface area (Å²) in [5, 5.41) is 0. The van der Waals surface area contributed by atoms with Gasteiger partial charge in [-0.3, -0.25) is 4.79 Å². The van der Waals surface area contributed by atoms with Gasteiger partial charge in [-0.05, 0) is 37.1 Å². The van der Waals surface area contributed by atoms with E-state index in [1.165, 1.54) is 0 Å². The van der Waals surface area contributed by atoms with Crippen molar-refractivity contribution in [1.29, 1.82) is 0 Å². The van der Waals surface area contributed by atoms with Crippen LogP contribution in [0.4, 0.5) is 5.69 Å². The van der Waals surface area contributed by atoms with Crippen LogP contribution in [0.3, 0.4) is 0 Å². The summed E-state index contributed by atoms with van der Waals surface area (Å²) >= 11 is 0. The van der Waals surface area contributed by atoms with Gasteiger partial charge in [0.05, 0.1) is 0 Å². The number of ketones is 1. The minimum atomic E-state index is -0.237. The van der Waals surface area contributed by atoms with E-state index in [1.54, 1.807) is 24.3 Å². The first kappa shape index (κ1) is 9.21. The van der Waals surface area contributed by atoms with Crippen molar-refractivity contribution in [3.8, 4) is 0 Å². The molecule has 14 heavy (non-hydrogen) atoms. The molecule has 1 aromatic carbocycles. The fraction of sp³-hybridized carbons (Fsp3) is 0.364. The summed E-state index contributed by atoms with van der Waals surface area (Å²) in [5.41, 5.74) is 6.90. The van der Waals surface area contributed by atoms with E-state index in [1.807, 2.05) is 0 Å². The van der Waals surface area contributed by atoms with Gasteiger partial charge in [0.1, 0.15) is 6.10 Å². The molecular weight excluding hydrogens is 178 g/mol. The van der Waals surface area contributed by atoms with E-state index in [9.17, 15) is 4.79 Å². The third-order valence-electron chi connectivity index (χ3n) is 2.42. The van der Waals surface area contributed by atoms with Gasteiger partial charge in [0.15, 0.2) is 5.78 Å². The fourth-order valence-corrected chi connectivity index (χ4v) is 1.62. The fourth-order valence-electron chi connectivity index (χ4n) is 1.62. The highest BCUT2D eigenvalue weighted by Crippen LogP contribution is 2.17. The van der Waals surface area contributed by atoms with Gasteiger partial charge in [-0.2, -0.15) is 0 Å². The second-order valence-corrected chi connectivity index (χ2v) is 3.49. The molecule has 1 heterocycles. The Labute approximate surface area is 82.9 Å². The van der Waals surface area contributed by atoms with E-state index in [0.717, 1.165) is 12.8 Å². The van der Waals surface area contributed by atoms with Crippen molar-refractivity contribution in [1.82, 2.24) is 0 Å². The van der Waals surface area contributed by atoms with E-state index >= 15 is 0 Å². The number of hydrogen-bond donors (Lipinski definition) is 1. The Hall–Kier alpha value is -1.35. The van der Waals surface area contributed by atoms with Gasteiger partial charge in [0.2, 0.25) is 0 Å². The Morgan fingerprint density at radius 2 is 2.07 bits per heavy atom. The molecule has 1 unspecified atom stereocenters. The molecule has 1 fully saturated rings. The number of nitrogens with two attached hydrogens (primary N) is 1. The highest BCUT2D eigenvalue weighted by Gasteiger charge is 2.24. The van der Waals surface area contributed by atoms with Crippen molar-refractivity contribution < 1.29 is 9.53 Å². The van der Waals surface area contributed by atoms with Crippen molar-refractivity contribution in [2.24, 2.45) is 0 Å². The molecule has 1 aliphatic rings. The van der Waals surface area contributed by atoms with Gasteiger partial charge in [-0.1, -0.05) is 0 Å². The molecule has 1 aliphatic heterocycles. The second-order valence-electron chi connectivity index (χ2n) is 3.49. The monoisotopic (exact) mass is 191 g/mol. The summed E-state index contributed by atoms with van der Waals surface area (Å²) in [6.45, 7) is 0.700. The summed E-state index contributed by atoms with van der Waals surface area (Å²) in [6, 6.07) is 6.98. The maximum atomic E-state index is 11.8. The highest BCUT2D eigenvalue weighted by molar-refractivity contribution is 5.99. The molecule has 2 rings (SSSR count). The van der Waals surface area contributed by atoms with Crippen LogP contribution in [0.1, 0.15) is 23.2 Å². The molecular formula is C11H13NO2.